The van der Waals surface area contributed by atoms with Crippen LogP contribution in [0.15, 0.2) is 47.4 Å². The van der Waals surface area contributed by atoms with Gasteiger partial charge < -0.3 is 5.73 Å². The minimum Gasteiger partial charge on any atom is -0.369 e. The zero-order valence-corrected chi connectivity index (χ0v) is 10.5. The molecule has 0 radical (unpaired) electrons. The van der Waals surface area contributed by atoms with E-state index in [-0.39, 0.29) is 11.2 Å². The zero-order chi connectivity index (χ0) is 12.3. The summed E-state index contributed by atoms with van der Waals surface area (Å²) in [7, 11) is 0. The quantitative estimate of drug-likeness (QED) is 0.841. The third-order valence-electron chi connectivity index (χ3n) is 2.69. The summed E-state index contributed by atoms with van der Waals surface area (Å²) in [5, 5.41) is 2.26. The second-order valence-electron chi connectivity index (χ2n) is 3.93. The maximum Gasteiger partial charge on any atom is 0.230 e. The molecular weight excluding hydrogens is 230 g/mol. The van der Waals surface area contributed by atoms with Gasteiger partial charge in [-0.25, -0.2) is 0 Å². The van der Waals surface area contributed by atoms with Crippen molar-refractivity contribution in [2.75, 3.05) is 0 Å². The van der Waals surface area contributed by atoms with Gasteiger partial charge in [-0.1, -0.05) is 37.3 Å². The van der Waals surface area contributed by atoms with Gasteiger partial charge in [0.2, 0.25) is 5.91 Å². The molecule has 0 aliphatic carbocycles. The van der Waals surface area contributed by atoms with E-state index in [1.807, 2.05) is 25.1 Å². The number of carbonyl (C=O) groups is 1. The minimum absolute atomic E-state index is 0.142. The van der Waals surface area contributed by atoms with Crippen LogP contribution in [0, 0.1) is 0 Å². The van der Waals surface area contributed by atoms with Crippen molar-refractivity contribution in [3.8, 4) is 0 Å². The van der Waals surface area contributed by atoms with E-state index in [1.165, 1.54) is 22.5 Å². The first-order valence-electron chi connectivity index (χ1n) is 5.65. The minimum atomic E-state index is -0.245. The number of rotatable bonds is 4. The Morgan fingerprint density at radius 3 is 2.59 bits per heavy atom. The smallest absolute Gasteiger partial charge is 0.230 e. The number of nitrogens with two attached hydrogens (primary N) is 1. The summed E-state index contributed by atoms with van der Waals surface area (Å²) in [6.07, 6.45) is 0.757. The fourth-order valence-corrected chi connectivity index (χ4v) is 2.70. The second-order valence-corrected chi connectivity index (χ2v) is 5.20. The molecule has 2 aromatic carbocycles. The van der Waals surface area contributed by atoms with Gasteiger partial charge in [-0.15, -0.1) is 11.8 Å². The standard InChI is InChI=1S/C14H15NOS/c1-2-13(14(15)16)17-12-8-7-10-5-3-4-6-11(10)9-12/h3-9,13H,2H2,1H3,(H2,15,16). The average Bonchev–Trinajstić information content (AvgIpc) is 2.35. The number of carbonyl (C=O) groups excluding carboxylic acids is 1. The van der Waals surface area contributed by atoms with E-state index in [0.29, 0.717) is 0 Å². The van der Waals surface area contributed by atoms with E-state index in [2.05, 4.69) is 24.3 Å². The Morgan fingerprint density at radius 1 is 1.24 bits per heavy atom. The first-order valence-corrected chi connectivity index (χ1v) is 6.53. The highest BCUT2D eigenvalue weighted by Gasteiger charge is 2.14. The molecule has 2 N–H and O–H groups in total. The van der Waals surface area contributed by atoms with Crippen LogP contribution in [-0.2, 0) is 4.79 Å². The van der Waals surface area contributed by atoms with Crippen LogP contribution in [0.4, 0.5) is 0 Å². The van der Waals surface area contributed by atoms with Crippen LogP contribution in [-0.4, -0.2) is 11.2 Å². The van der Waals surface area contributed by atoms with E-state index in [9.17, 15) is 4.79 Å². The molecule has 0 aromatic heterocycles. The molecule has 0 saturated carbocycles. The monoisotopic (exact) mass is 245 g/mol. The number of primary amides is 1. The number of hydrogen-bond donors (Lipinski definition) is 1. The van der Waals surface area contributed by atoms with Gasteiger partial charge >= 0.3 is 0 Å². The number of amides is 1. The molecule has 0 fully saturated rings. The van der Waals surface area contributed by atoms with Crippen LogP contribution < -0.4 is 5.73 Å². The molecule has 0 saturated heterocycles. The van der Waals surface area contributed by atoms with E-state index in [1.54, 1.807) is 0 Å². The van der Waals surface area contributed by atoms with Gasteiger partial charge in [0.05, 0.1) is 5.25 Å². The van der Waals surface area contributed by atoms with Crippen molar-refractivity contribution >= 4 is 28.4 Å². The molecule has 0 aliphatic heterocycles. The summed E-state index contributed by atoms with van der Waals surface area (Å²) >= 11 is 1.54. The molecule has 2 aromatic rings. The van der Waals surface area contributed by atoms with Gasteiger partial charge in [0, 0.05) is 4.90 Å². The van der Waals surface area contributed by atoms with Gasteiger partial charge in [0.1, 0.15) is 0 Å². The Morgan fingerprint density at radius 2 is 1.94 bits per heavy atom. The third kappa shape index (κ3) is 2.80. The molecule has 1 atom stereocenters. The summed E-state index contributed by atoms with van der Waals surface area (Å²) in [6, 6.07) is 14.4. The Balaban J connectivity index is 2.27. The SMILES string of the molecule is CCC(Sc1ccc2ccccc2c1)C(N)=O. The fraction of sp³-hybridized carbons (Fsp3) is 0.214. The van der Waals surface area contributed by atoms with Crippen molar-refractivity contribution in [2.24, 2.45) is 5.73 Å². The van der Waals surface area contributed by atoms with E-state index >= 15 is 0 Å². The molecular formula is C14H15NOS. The summed E-state index contributed by atoms with van der Waals surface area (Å²) < 4.78 is 0. The lowest BCUT2D eigenvalue weighted by molar-refractivity contribution is -0.117. The third-order valence-corrected chi connectivity index (χ3v) is 4.06. The van der Waals surface area contributed by atoms with Crippen LogP contribution in [0.3, 0.4) is 0 Å². The average molecular weight is 245 g/mol. The van der Waals surface area contributed by atoms with Crippen LogP contribution >= 0.6 is 11.8 Å². The highest BCUT2D eigenvalue weighted by molar-refractivity contribution is 8.00. The molecule has 17 heavy (non-hydrogen) atoms. The van der Waals surface area contributed by atoms with E-state index < -0.39 is 0 Å². The van der Waals surface area contributed by atoms with Crippen molar-refractivity contribution in [2.45, 2.75) is 23.5 Å². The largest absolute Gasteiger partial charge is 0.369 e. The molecule has 1 unspecified atom stereocenters. The first-order chi connectivity index (χ1) is 8.20. The maximum atomic E-state index is 11.2. The van der Waals surface area contributed by atoms with E-state index in [4.69, 9.17) is 5.73 Å². The van der Waals surface area contributed by atoms with Crippen molar-refractivity contribution in [3.63, 3.8) is 0 Å². The lowest BCUT2D eigenvalue weighted by atomic mass is 10.1. The lowest BCUT2D eigenvalue weighted by Gasteiger charge is -2.10. The van der Waals surface area contributed by atoms with Crippen LogP contribution in [0.2, 0.25) is 0 Å². The number of thioether (sulfide) groups is 1. The first kappa shape index (κ1) is 12.0. The van der Waals surface area contributed by atoms with Crippen LogP contribution in [0.25, 0.3) is 10.8 Å². The summed E-state index contributed by atoms with van der Waals surface area (Å²) in [6.45, 7) is 1.98. The van der Waals surface area contributed by atoms with Gasteiger partial charge in [-0.3, -0.25) is 4.79 Å². The number of benzene rings is 2. The van der Waals surface area contributed by atoms with Gasteiger partial charge in [0.25, 0.3) is 0 Å². The molecule has 2 rings (SSSR count). The van der Waals surface area contributed by atoms with Crippen molar-refractivity contribution in [3.05, 3.63) is 42.5 Å². The van der Waals surface area contributed by atoms with Gasteiger partial charge in [-0.05, 0) is 29.3 Å². The molecule has 0 bridgehead atoms. The second kappa shape index (κ2) is 5.23. The maximum absolute atomic E-state index is 11.2. The highest BCUT2D eigenvalue weighted by Crippen LogP contribution is 2.28. The van der Waals surface area contributed by atoms with Crippen LogP contribution in [0.1, 0.15) is 13.3 Å². The topological polar surface area (TPSA) is 43.1 Å². The van der Waals surface area contributed by atoms with Crippen molar-refractivity contribution < 1.29 is 4.79 Å². The summed E-state index contributed by atoms with van der Waals surface area (Å²) in [5.41, 5.74) is 5.35. The van der Waals surface area contributed by atoms with E-state index in [0.717, 1.165) is 11.3 Å². The Hall–Kier alpha value is -1.48. The molecule has 0 spiro atoms. The van der Waals surface area contributed by atoms with Crippen molar-refractivity contribution in [1.82, 2.24) is 0 Å². The number of hydrogen-bond acceptors (Lipinski definition) is 2. The van der Waals surface area contributed by atoms with Gasteiger partial charge in [-0.2, -0.15) is 0 Å². The molecule has 3 heteroatoms. The fourth-order valence-electron chi connectivity index (χ4n) is 1.75. The summed E-state index contributed by atoms with van der Waals surface area (Å²) in [4.78, 5) is 12.3. The lowest BCUT2D eigenvalue weighted by Crippen LogP contribution is -2.24. The molecule has 0 heterocycles. The van der Waals surface area contributed by atoms with Gasteiger partial charge in [0.15, 0.2) is 0 Å². The molecule has 0 aliphatic rings. The number of fused-ring (bicyclic) bond motifs is 1. The van der Waals surface area contributed by atoms with Crippen LogP contribution in [0.5, 0.6) is 0 Å². The Labute approximate surface area is 105 Å². The van der Waals surface area contributed by atoms with Crippen molar-refractivity contribution in [1.29, 1.82) is 0 Å². The predicted molar refractivity (Wildman–Crippen MR) is 73.1 cm³/mol. The molecule has 1 amide bonds. The highest BCUT2D eigenvalue weighted by atomic mass is 32.2. The Bertz CT molecular complexity index is 538. The predicted octanol–water partition coefficient (Wildman–Crippen LogP) is 3.20. The summed E-state index contributed by atoms with van der Waals surface area (Å²) in [5.74, 6) is -0.245. The Kier molecular flexibility index (Phi) is 3.69. The molecule has 88 valence electrons. The molecule has 2 nitrogen and oxygen atoms in total. The normalized spacial score (nSPS) is 12.5. The zero-order valence-electron chi connectivity index (χ0n) is 9.72.